The van der Waals surface area contributed by atoms with Crippen LogP contribution in [0.2, 0.25) is 0 Å². The normalized spacial score (nSPS) is 18.6. The molecule has 1 N–H and O–H groups in total. The van der Waals surface area contributed by atoms with Crippen LogP contribution in [0.25, 0.3) is 10.9 Å². The van der Waals surface area contributed by atoms with E-state index in [4.69, 9.17) is 14.2 Å². The lowest BCUT2D eigenvalue weighted by molar-refractivity contribution is 0.0262. The number of piperidine rings is 1. The second-order valence-corrected chi connectivity index (χ2v) is 11.5. The Bertz CT molecular complexity index is 1360. The molecule has 0 radical (unpaired) electrons. The first kappa shape index (κ1) is 31.4. The molecule has 11 heteroatoms. The van der Waals surface area contributed by atoms with Crippen molar-refractivity contribution < 1.29 is 36.9 Å². The highest BCUT2D eigenvalue weighted by Crippen LogP contribution is 2.41. The van der Waals surface area contributed by atoms with Gasteiger partial charge in [0, 0.05) is 62.1 Å². The first-order chi connectivity index (χ1) is 20.8. The van der Waals surface area contributed by atoms with E-state index in [1.165, 1.54) is 0 Å². The number of halogens is 4. The molecule has 7 nitrogen and oxygen atoms in total. The van der Waals surface area contributed by atoms with Crippen LogP contribution in [-0.2, 0) is 11.3 Å². The number of morpholine rings is 1. The van der Waals surface area contributed by atoms with Crippen molar-refractivity contribution in [3.05, 3.63) is 65.1 Å². The van der Waals surface area contributed by atoms with Gasteiger partial charge in [-0.05, 0) is 68.0 Å². The third kappa shape index (κ3) is 7.57. The first-order valence-corrected chi connectivity index (χ1v) is 14.8. The van der Waals surface area contributed by atoms with Crippen molar-refractivity contribution in [2.75, 3.05) is 66.3 Å². The zero-order valence-electron chi connectivity index (χ0n) is 24.5. The van der Waals surface area contributed by atoms with Crippen LogP contribution in [0.5, 0.6) is 11.5 Å². The van der Waals surface area contributed by atoms with Crippen LogP contribution in [-0.4, -0.2) is 86.2 Å². The standard InChI is InChI=1S/C32H39F4N3O4/c1-41-23-2-3-29-25(16-23)30(22(19-37-29)20-39-10-13-42-14-11-39)26(33)4-5-32(21-40)6-8-38(9-7-32)12-15-43-24-17-27(34)31(36)28(35)18-24/h2-3,16-19,26,40H,4-15,20-21H2,1H3/t26-/m1/s1. The molecule has 0 unspecified atom stereocenters. The van der Waals surface area contributed by atoms with Crippen LogP contribution >= 0.6 is 0 Å². The summed E-state index contributed by atoms with van der Waals surface area (Å²) >= 11 is 0. The van der Waals surface area contributed by atoms with Gasteiger partial charge in [0.1, 0.15) is 24.3 Å². The molecule has 1 aromatic heterocycles. The molecule has 3 heterocycles. The number of fused-ring (bicyclic) bond motifs is 1. The van der Waals surface area contributed by atoms with Crippen LogP contribution in [0.1, 0.15) is 43.0 Å². The summed E-state index contributed by atoms with van der Waals surface area (Å²) in [7, 11) is 1.59. The lowest BCUT2D eigenvalue weighted by Crippen LogP contribution is -2.43. The fraction of sp³-hybridized carbons (Fsp3) is 0.531. The molecule has 234 valence electrons. The van der Waals surface area contributed by atoms with Crippen LogP contribution in [0.15, 0.2) is 36.5 Å². The highest BCUT2D eigenvalue weighted by molar-refractivity contribution is 5.85. The number of aromatic nitrogens is 1. The Morgan fingerprint density at radius 1 is 1.00 bits per heavy atom. The summed E-state index contributed by atoms with van der Waals surface area (Å²) in [6, 6.07) is 7.18. The zero-order chi connectivity index (χ0) is 30.4. The van der Waals surface area contributed by atoms with Crippen LogP contribution in [0.3, 0.4) is 0 Å². The second-order valence-electron chi connectivity index (χ2n) is 11.5. The number of likely N-dealkylation sites (tertiary alicyclic amines) is 1. The van der Waals surface area contributed by atoms with Crippen molar-refractivity contribution in [2.24, 2.45) is 5.41 Å². The average Bonchev–Trinajstić information content (AvgIpc) is 3.03. The van der Waals surface area contributed by atoms with Crippen molar-refractivity contribution >= 4 is 10.9 Å². The zero-order valence-corrected chi connectivity index (χ0v) is 24.5. The minimum atomic E-state index is -1.52. The molecule has 0 amide bonds. The molecular weight excluding hydrogens is 566 g/mol. The van der Waals surface area contributed by atoms with Gasteiger partial charge in [-0.15, -0.1) is 0 Å². The number of alkyl halides is 1. The van der Waals surface area contributed by atoms with Crippen LogP contribution in [0.4, 0.5) is 17.6 Å². The fourth-order valence-electron chi connectivity index (χ4n) is 6.08. The molecule has 0 spiro atoms. The molecule has 2 aliphatic heterocycles. The van der Waals surface area contributed by atoms with Gasteiger partial charge >= 0.3 is 0 Å². The maximum atomic E-state index is 16.4. The Balaban J connectivity index is 1.22. The predicted molar refractivity (Wildman–Crippen MR) is 154 cm³/mol. The molecule has 0 saturated carbocycles. The number of ether oxygens (including phenoxy) is 3. The van der Waals surface area contributed by atoms with E-state index in [0.29, 0.717) is 75.5 Å². The molecule has 0 aliphatic carbocycles. The summed E-state index contributed by atoms with van der Waals surface area (Å²) in [4.78, 5) is 9.01. The van der Waals surface area contributed by atoms with E-state index in [9.17, 15) is 18.3 Å². The van der Waals surface area contributed by atoms with Crippen LogP contribution < -0.4 is 9.47 Å². The van der Waals surface area contributed by atoms with Gasteiger partial charge in [-0.25, -0.2) is 17.6 Å². The highest BCUT2D eigenvalue weighted by Gasteiger charge is 2.35. The maximum absolute atomic E-state index is 16.4. The van der Waals surface area contributed by atoms with Gasteiger partial charge < -0.3 is 19.3 Å². The number of aliphatic hydroxyl groups is 1. The molecule has 0 bridgehead atoms. The number of benzene rings is 2. The number of hydrogen-bond donors (Lipinski definition) is 1. The number of methoxy groups -OCH3 is 1. The number of pyridine rings is 1. The van der Waals surface area contributed by atoms with Gasteiger partial charge in [0.05, 0.1) is 25.8 Å². The quantitative estimate of drug-likeness (QED) is 0.218. The molecule has 2 fully saturated rings. The Kier molecular flexibility index (Phi) is 10.4. The minimum Gasteiger partial charge on any atom is -0.497 e. The maximum Gasteiger partial charge on any atom is 0.194 e. The molecule has 5 rings (SSSR count). The van der Waals surface area contributed by atoms with E-state index < -0.39 is 29.0 Å². The SMILES string of the molecule is COc1ccc2ncc(CN3CCOCC3)c([C@H](F)CCC3(CO)CCN(CCOc4cc(F)c(F)c(F)c4)CC3)c2c1. The smallest absolute Gasteiger partial charge is 0.194 e. The number of hydrogen-bond acceptors (Lipinski definition) is 7. The average molecular weight is 606 g/mol. The van der Waals surface area contributed by atoms with E-state index in [-0.39, 0.29) is 25.4 Å². The highest BCUT2D eigenvalue weighted by atomic mass is 19.2. The third-order valence-corrected chi connectivity index (χ3v) is 8.82. The summed E-state index contributed by atoms with van der Waals surface area (Å²) in [5.74, 6) is -3.53. The number of rotatable bonds is 12. The Morgan fingerprint density at radius 3 is 2.40 bits per heavy atom. The van der Waals surface area contributed by atoms with E-state index in [2.05, 4.69) is 14.8 Å². The molecule has 1 atom stereocenters. The molecule has 2 aliphatic rings. The lowest BCUT2D eigenvalue weighted by atomic mass is 9.74. The topological polar surface area (TPSA) is 67.3 Å². The first-order valence-electron chi connectivity index (χ1n) is 14.8. The minimum absolute atomic E-state index is 0.0380. The molecule has 2 aromatic carbocycles. The fourth-order valence-corrected chi connectivity index (χ4v) is 6.08. The molecular formula is C32H39F4N3O4. The summed E-state index contributed by atoms with van der Waals surface area (Å²) < 4.78 is 72.8. The van der Waals surface area contributed by atoms with E-state index in [1.807, 2.05) is 18.2 Å². The van der Waals surface area contributed by atoms with Crippen LogP contribution in [0, 0.1) is 22.9 Å². The molecule has 43 heavy (non-hydrogen) atoms. The molecule has 2 saturated heterocycles. The summed E-state index contributed by atoms with van der Waals surface area (Å²) in [6.45, 7) is 5.41. The van der Waals surface area contributed by atoms with Gasteiger partial charge in [-0.2, -0.15) is 0 Å². The Morgan fingerprint density at radius 2 is 1.72 bits per heavy atom. The Labute approximate surface area is 249 Å². The van der Waals surface area contributed by atoms with Crippen molar-refractivity contribution in [3.8, 4) is 11.5 Å². The van der Waals surface area contributed by atoms with E-state index >= 15 is 4.39 Å². The van der Waals surface area contributed by atoms with Gasteiger partial charge in [0.2, 0.25) is 0 Å². The third-order valence-electron chi connectivity index (χ3n) is 8.82. The lowest BCUT2D eigenvalue weighted by Gasteiger charge is -2.41. The Hall–Kier alpha value is -2.99. The van der Waals surface area contributed by atoms with E-state index in [1.54, 1.807) is 13.3 Å². The van der Waals surface area contributed by atoms with Crippen molar-refractivity contribution in [1.82, 2.24) is 14.8 Å². The van der Waals surface area contributed by atoms with Crippen molar-refractivity contribution in [3.63, 3.8) is 0 Å². The predicted octanol–water partition coefficient (Wildman–Crippen LogP) is 5.44. The number of aliphatic hydroxyl groups excluding tert-OH is 1. The van der Waals surface area contributed by atoms with Crippen molar-refractivity contribution in [2.45, 2.75) is 38.4 Å². The number of nitrogens with zero attached hydrogens (tertiary/aromatic N) is 3. The van der Waals surface area contributed by atoms with Crippen molar-refractivity contribution in [1.29, 1.82) is 0 Å². The van der Waals surface area contributed by atoms with Gasteiger partial charge in [0.25, 0.3) is 0 Å². The monoisotopic (exact) mass is 605 g/mol. The van der Waals surface area contributed by atoms with Gasteiger partial charge in [-0.3, -0.25) is 14.8 Å². The van der Waals surface area contributed by atoms with Gasteiger partial charge in [-0.1, -0.05) is 0 Å². The largest absolute Gasteiger partial charge is 0.497 e. The summed E-state index contributed by atoms with van der Waals surface area (Å²) in [6.07, 6.45) is 2.68. The molecule has 3 aromatic rings. The summed E-state index contributed by atoms with van der Waals surface area (Å²) in [5.41, 5.74) is 1.79. The van der Waals surface area contributed by atoms with E-state index in [0.717, 1.165) is 36.2 Å². The van der Waals surface area contributed by atoms with Gasteiger partial charge in [0.15, 0.2) is 17.5 Å². The second kappa shape index (κ2) is 14.2. The summed E-state index contributed by atoms with van der Waals surface area (Å²) in [5, 5.41) is 11.2.